The normalized spacial score (nSPS) is 11.2. The highest BCUT2D eigenvalue weighted by atomic mass is 16.5. The molecule has 2 nitrogen and oxygen atoms in total. The first-order chi connectivity index (χ1) is 10.0. The molecule has 2 heteroatoms. The molecule has 21 heavy (non-hydrogen) atoms. The third-order valence-corrected chi connectivity index (χ3v) is 3.99. The van der Waals surface area contributed by atoms with Crippen LogP contribution in [0.1, 0.15) is 31.4 Å². The Balaban J connectivity index is 2.00. The van der Waals surface area contributed by atoms with Crippen molar-refractivity contribution < 1.29 is 9.53 Å². The van der Waals surface area contributed by atoms with Gasteiger partial charge in [0.25, 0.3) is 0 Å². The van der Waals surface area contributed by atoms with Crippen LogP contribution in [0.4, 0.5) is 0 Å². The Labute approximate surface area is 126 Å². The topological polar surface area (TPSA) is 26.3 Å². The molecule has 2 aromatic carbocycles. The molecule has 0 amide bonds. The number of aryl methyl sites for hydroxylation is 1. The van der Waals surface area contributed by atoms with Crippen LogP contribution in [0, 0.1) is 0 Å². The number of ether oxygens (including phenoxy) is 1. The molecule has 110 valence electrons. The number of benzene rings is 2. The highest BCUT2D eigenvalue weighted by Gasteiger charge is 2.28. The van der Waals surface area contributed by atoms with E-state index in [4.69, 9.17) is 4.74 Å². The summed E-state index contributed by atoms with van der Waals surface area (Å²) in [7, 11) is 1.65. The molecule has 0 aliphatic heterocycles. The summed E-state index contributed by atoms with van der Waals surface area (Å²) in [6.07, 6.45) is 1.31. The summed E-state index contributed by atoms with van der Waals surface area (Å²) in [5, 5.41) is 0. The SMILES string of the molecule is COc1ccc(CCC(=O)C(C)(C)c2ccccc2)cc1. The van der Waals surface area contributed by atoms with Crippen LogP contribution in [0.5, 0.6) is 5.75 Å². The van der Waals surface area contributed by atoms with Crippen LogP contribution in [0.15, 0.2) is 54.6 Å². The van der Waals surface area contributed by atoms with E-state index < -0.39 is 5.41 Å². The zero-order valence-corrected chi connectivity index (χ0v) is 12.9. The van der Waals surface area contributed by atoms with E-state index in [1.54, 1.807) is 7.11 Å². The summed E-state index contributed by atoms with van der Waals surface area (Å²) in [5.41, 5.74) is 1.80. The highest BCUT2D eigenvalue weighted by Crippen LogP contribution is 2.26. The van der Waals surface area contributed by atoms with E-state index in [1.165, 1.54) is 0 Å². The van der Waals surface area contributed by atoms with Gasteiger partial charge in [0.05, 0.1) is 7.11 Å². The maximum atomic E-state index is 12.5. The van der Waals surface area contributed by atoms with Crippen molar-refractivity contribution in [1.29, 1.82) is 0 Å². The second-order valence-electron chi connectivity index (χ2n) is 5.76. The minimum atomic E-state index is -0.437. The highest BCUT2D eigenvalue weighted by molar-refractivity contribution is 5.89. The van der Waals surface area contributed by atoms with Crippen molar-refractivity contribution in [2.45, 2.75) is 32.1 Å². The Morgan fingerprint density at radius 3 is 2.19 bits per heavy atom. The molecule has 0 radical (unpaired) electrons. The van der Waals surface area contributed by atoms with Gasteiger partial charge in [0.1, 0.15) is 11.5 Å². The average Bonchev–Trinajstić information content (AvgIpc) is 2.53. The molecule has 0 fully saturated rings. The smallest absolute Gasteiger partial charge is 0.143 e. The molecular weight excluding hydrogens is 260 g/mol. The van der Waals surface area contributed by atoms with Gasteiger partial charge in [-0.15, -0.1) is 0 Å². The van der Waals surface area contributed by atoms with Crippen molar-refractivity contribution in [3.63, 3.8) is 0 Å². The fraction of sp³-hybridized carbons (Fsp3) is 0.316. The van der Waals surface area contributed by atoms with Gasteiger partial charge in [-0.1, -0.05) is 42.5 Å². The van der Waals surface area contributed by atoms with Gasteiger partial charge in [0.15, 0.2) is 0 Å². The van der Waals surface area contributed by atoms with Crippen LogP contribution < -0.4 is 4.74 Å². The zero-order valence-electron chi connectivity index (χ0n) is 12.9. The number of rotatable bonds is 6. The first kappa shape index (κ1) is 15.3. The first-order valence-electron chi connectivity index (χ1n) is 7.26. The Morgan fingerprint density at radius 2 is 1.62 bits per heavy atom. The molecule has 0 bridgehead atoms. The van der Waals surface area contributed by atoms with E-state index in [0.29, 0.717) is 6.42 Å². The van der Waals surface area contributed by atoms with Gasteiger partial charge in [-0.25, -0.2) is 0 Å². The third-order valence-electron chi connectivity index (χ3n) is 3.99. The van der Waals surface area contributed by atoms with Gasteiger partial charge in [0, 0.05) is 11.8 Å². The Bertz CT molecular complexity index is 583. The van der Waals surface area contributed by atoms with Gasteiger partial charge < -0.3 is 4.74 Å². The van der Waals surface area contributed by atoms with Crippen molar-refractivity contribution in [1.82, 2.24) is 0 Å². The van der Waals surface area contributed by atoms with Crippen LogP contribution in [-0.4, -0.2) is 12.9 Å². The Morgan fingerprint density at radius 1 is 1.00 bits per heavy atom. The summed E-state index contributed by atoms with van der Waals surface area (Å²) >= 11 is 0. The van der Waals surface area contributed by atoms with Crippen molar-refractivity contribution in [3.05, 3.63) is 65.7 Å². The molecular formula is C19H22O2. The second kappa shape index (κ2) is 6.57. The largest absolute Gasteiger partial charge is 0.497 e. The number of Topliss-reactive ketones (excluding diaryl/α,β-unsaturated/α-hetero) is 1. The summed E-state index contributed by atoms with van der Waals surface area (Å²) < 4.78 is 5.14. The van der Waals surface area contributed by atoms with Crippen LogP contribution in [0.25, 0.3) is 0 Å². The molecule has 0 atom stereocenters. The molecule has 0 spiro atoms. The summed E-state index contributed by atoms with van der Waals surface area (Å²) in [6.45, 7) is 4.00. The zero-order chi connectivity index (χ0) is 15.3. The van der Waals surface area contributed by atoms with Crippen molar-refractivity contribution in [2.75, 3.05) is 7.11 Å². The number of hydrogen-bond donors (Lipinski definition) is 0. The van der Waals surface area contributed by atoms with Gasteiger partial charge in [-0.2, -0.15) is 0 Å². The predicted octanol–water partition coefficient (Wildman–Crippen LogP) is 4.17. The molecule has 0 heterocycles. The molecule has 0 N–H and O–H groups in total. The fourth-order valence-electron chi connectivity index (χ4n) is 2.38. The molecule has 0 aliphatic rings. The van der Waals surface area contributed by atoms with Gasteiger partial charge >= 0.3 is 0 Å². The molecule has 2 aromatic rings. The molecule has 0 unspecified atom stereocenters. The van der Waals surface area contributed by atoms with Crippen molar-refractivity contribution in [2.24, 2.45) is 0 Å². The van der Waals surface area contributed by atoms with Crippen LogP contribution in [-0.2, 0) is 16.6 Å². The maximum absolute atomic E-state index is 12.5. The Kier molecular flexibility index (Phi) is 4.79. The van der Waals surface area contributed by atoms with E-state index in [1.807, 2.05) is 68.4 Å². The minimum absolute atomic E-state index is 0.268. The number of carbonyl (C=O) groups excluding carboxylic acids is 1. The lowest BCUT2D eigenvalue weighted by molar-refractivity contribution is -0.123. The molecule has 0 saturated carbocycles. The maximum Gasteiger partial charge on any atom is 0.143 e. The molecule has 0 aliphatic carbocycles. The third kappa shape index (κ3) is 3.72. The van der Waals surface area contributed by atoms with Crippen molar-refractivity contribution in [3.8, 4) is 5.75 Å². The quantitative estimate of drug-likeness (QED) is 0.794. The summed E-state index contributed by atoms with van der Waals surface area (Å²) in [6, 6.07) is 17.9. The number of ketones is 1. The van der Waals surface area contributed by atoms with E-state index in [-0.39, 0.29) is 5.78 Å². The Hall–Kier alpha value is -2.09. The number of methoxy groups -OCH3 is 1. The molecule has 0 saturated heterocycles. The van der Waals surface area contributed by atoms with Crippen molar-refractivity contribution >= 4 is 5.78 Å². The van der Waals surface area contributed by atoms with Crippen LogP contribution in [0.3, 0.4) is 0 Å². The second-order valence-corrected chi connectivity index (χ2v) is 5.76. The van der Waals surface area contributed by atoms with E-state index in [2.05, 4.69) is 0 Å². The average molecular weight is 282 g/mol. The molecule has 2 rings (SSSR count). The molecule has 0 aromatic heterocycles. The fourth-order valence-corrected chi connectivity index (χ4v) is 2.38. The lowest BCUT2D eigenvalue weighted by atomic mass is 9.79. The van der Waals surface area contributed by atoms with E-state index >= 15 is 0 Å². The van der Waals surface area contributed by atoms with E-state index in [0.717, 1.165) is 23.3 Å². The lowest BCUT2D eigenvalue weighted by Crippen LogP contribution is -2.29. The first-order valence-corrected chi connectivity index (χ1v) is 7.26. The van der Waals surface area contributed by atoms with Gasteiger partial charge in [-0.3, -0.25) is 4.79 Å². The summed E-state index contributed by atoms with van der Waals surface area (Å²) in [5.74, 6) is 1.11. The number of carbonyl (C=O) groups is 1. The van der Waals surface area contributed by atoms with E-state index in [9.17, 15) is 4.79 Å². The monoisotopic (exact) mass is 282 g/mol. The van der Waals surface area contributed by atoms with Gasteiger partial charge in [-0.05, 0) is 43.5 Å². The summed E-state index contributed by atoms with van der Waals surface area (Å²) in [4.78, 5) is 12.5. The van der Waals surface area contributed by atoms with Crippen LogP contribution >= 0.6 is 0 Å². The standard InChI is InChI=1S/C19H22O2/c1-19(2,16-7-5-4-6-8-16)18(20)14-11-15-9-12-17(21-3)13-10-15/h4-10,12-13H,11,14H2,1-3H3. The number of hydrogen-bond acceptors (Lipinski definition) is 2. The lowest BCUT2D eigenvalue weighted by Gasteiger charge is -2.23. The predicted molar refractivity (Wildman–Crippen MR) is 85.8 cm³/mol. The van der Waals surface area contributed by atoms with Crippen LogP contribution in [0.2, 0.25) is 0 Å². The van der Waals surface area contributed by atoms with Gasteiger partial charge in [0.2, 0.25) is 0 Å². The minimum Gasteiger partial charge on any atom is -0.497 e.